The van der Waals surface area contributed by atoms with E-state index in [0.29, 0.717) is 12.1 Å². The fourth-order valence-electron chi connectivity index (χ4n) is 2.96. The van der Waals surface area contributed by atoms with Gasteiger partial charge in [0.25, 0.3) is 0 Å². The first-order valence-corrected chi connectivity index (χ1v) is 8.28. The summed E-state index contributed by atoms with van der Waals surface area (Å²) >= 11 is 0. The lowest BCUT2D eigenvalue weighted by molar-refractivity contribution is 0.300. The van der Waals surface area contributed by atoms with Crippen LogP contribution in [0.25, 0.3) is 0 Å². The maximum absolute atomic E-state index is 5.95. The lowest BCUT2D eigenvalue weighted by Gasteiger charge is -2.26. The summed E-state index contributed by atoms with van der Waals surface area (Å²) in [6.45, 7) is 5.73. The molecule has 1 aromatic rings. The van der Waals surface area contributed by atoms with Crippen molar-refractivity contribution in [2.75, 3.05) is 6.54 Å². The van der Waals surface area contributed by atoms with Crippen LogP contribution in [0.15, 0.2) is 24.3 Å². The smallest absolute Gasteiger partial charge is 0.120 e. The predicted octanol–water partition coefficient (Wildman–Crippen LogP) is 4.31. The van der Waals surface area contributed by atoms with E-state index >= 15 is 0 Å². The number of nitrogens with one attached hydrogen (secondary N) is 1. The van der Waals surface area contributed by atoms with Crippen LogP contribution in [0.3, 0.4) is 0 Å². The minimum absolute atomic E-state index is 0.477. The molecule has 2 unspecified atom stereocenters. The number of rotatable bonds is 8. The Kier molecular flexibility index (Phi) is 4.30. The van der Waals surface area contributed by atoms with Crippen LogP contribution in [-0.4, -0.2) is 12.6 Å². The van der Waals surface area contributed by atoms with Crippen LogP contribution in [0, 0.1) is 11.8 Å². The number of benzene rings is 1. The monoisotopic (exact) mass is 273 g/mol. The first-order chi connectivity index (χ1) is 9.78. The van der Waals surface area contributed by atoms with Crippen molar-refractivity contribution in [3.8, 4) is 5.75 Å². The third-order valence-electron chi connectivity index (χ3n) is 4.55. The molecule has 2 aliphatic carbocycles. The van der Waals surface area contributed by atoms with E-state index in [9.17, 15) is 0 Å². The van der Waals surface area contributed by atoms with Crippen LogP contribution in [0.2, 0.25) is 0 Å². The molecule has 0 aromatic heterocycles. The van der Waals surface area contributed by atoms with Gasteiger partial charge in [0.15, 0.2) is 0 Å². The maximum Gasteiger partial charge on any atom is 0.120 e. The molecule has 2 nitrogen and oxygen atoms in total. The first-order valence-electron chi connectivity index (χ1n) is 8.28. The van der Waals surface area contributed by atoms with Crippen LogP contribution in [0.1, 0.15) is 57.6 Å². The topological polar surface area (TPSA) is 21.3 Å². The minimum atomic E-state index is 0.477. The second kappa shape index (κ2) is 6.17. The SMILES string of the molecule is CCCNC(c1cccc(OC2CC2)c1)C(C)C1CC1. The van der Waals surface area contributed by atoms with Gasteiger partial charge in [0.1, 0.15) is 5.75 Å². The number of hydrogen-bond acceptors (Lipinski definition) is 2. The van der Waals surface area contributed by atoms with Crippen molar-refractivity contribution in [2.24, 2.45) is 11.8 Å². The van der Waals surface area contributed by atoms with Gasteiger partial charge in [-0.15, -0.1) is 0 Å². The molecule has 110 valence electrons. The van der Waals surface area contributed by atoms with E-state index < -0.39 is 0 Å². The van der Waals surface area contributed by atoms with Crippen LogP contribution >= 0.6 is 0 Å². The average Bonchev–Trinajstić information content (AvgIpc) is 3.33. The molecule has 2 atom stereocenters. The van der Waals surface area contributed by atoms with Crippen molar-refractivity contribution in [1.29, 1.82) is 0 Å². The standard InChI is InChI=1S/C18H27NO/c1-3-11-19-18(13(2)14-7-8-14)15-5-4-6-17(12-15)20-16-9-10-16/h4-6,12-14,16,18-19H,3,7-11H2,1-2H3. The highest BCUT2D eigenvalue weighted by Gasteiger charge is 2.34. The van der Waals surface area contributed by atoms with Crippen molar-refractivity contribution in [2.45, 2.75) is 58.1 Å². The van der Waals surface area contributed by atoms with E-state index in [1.807, 2.05) is 0 Å². The highest BCUT2D eigenvalue weighted by Crippen LogP contribution is 2.43. The van der Waals surface area contributed by atoms with E-state index in [1.54, 1.807) is 0 Å². The molecule has 20 heavy (non-hydrogen) atoms. The van der Waals surface area contributed by atoms with Gasteiger partial charge in [0.2, 0.25) is 0 Å². The van der Waals surface area contributed by atoms with Gasteiger partial charge in [-0.25, -0.2) is 0 Å². The van der Waals surface area contributed by atoms with Gasteiger partial charge < -0.3 is 10.1 Å². The Morgan fingerprint density at radius 1 is 1.25 bits per heavy atom. The Morgan fingerprint density at radius 2 is 2.05 bits per heavy atom. The van der Waals surface area contributed by atoms with Gasteiger partial charge in [-0.2, -0.15) is 0 Å². The van der Waals surface area contributed by atoms with Gasteiger partial charge in [-0.3, -0.25) is 0 Å². The largest absolute Gasteiger partial charge is 0.490 e. The minimum Gasteiger partial charge on any atom is -0.490 e. The fraction of sp³-hybridized carbons (Fsp3) is 0.667. The molecule has 2 saturated carbocycles. The van der Waals surface area contributed by atoms with Crippen molar-refractivity contribution in [3.63, 3.8) is 0 Å². The van der Waals surface area contributed by atoms with E-state index in [-0.39, 0.29) is 0 Å². The molecule has 0 aliphatic heterocycles. The Labute approximate surface area is 122 Å². The normalized spacial score (nSPS) is 21.5. The summed E-state index contributed by atoms with van der Waals surface area (Å²) in [5, 5.41) is 3.75. The molecule has 0 radical (unpaired) electrons. The molecule has 1 N–H and O–H groups in total. The zero-order valence-electron chi connectivity index (χ0n) is 12.8. The Bertz CT molecular complexity index is 437. The number of hydrogen-bond donors (Lipinski definition) is 1. The fourth-order valence-corrected chi connectivity index (χ4v) is 2.96. The molecule has 0 saturated heterocycles. The molecular formula is C18H27NO. The molecule has 2 heteroatoms. The van der Waals surface area contributed by atoms with Gasteiger partial charge in [0.05, 0.1) is 6.10 Å². The Morgan fingerprint density at radius 3 is 2.70 bits per heavy atom. The summed E-state index contributed by atoms with van der Waals surface area (Å²) in [5.74, 6) is 2.69. The summed E-state index contributed by atoms with van der Waals surface area (Å²) < 4.78 is 5.95. The maximum atomic E-state index is 5.95. The molecule has 2 fully saturated rings. The summed E-state index contributed by atoms with van der Waals surface area (Å²) in [7, 11) is 0. The van der Waals surface area contributed by atoms with Crippen molar-refractivity contribution < 1.29 is 4.74 Å². The van der Waals surface area contributed by atoms with E-state index in [2.05, 4.69) is 43.4 Å². The summed E-state index contributed by atoms with van der Waals surface area (Å²) in [4.78, 5) is 0. The van der Waals surface area contributed by atoms with Gasteiger partial charge >= 0.3 is 0 Å². The van der Waals surface area contributed by atoms with E-state index in [0.717, 1.165) is 24.1 Å². The molecule has 1 aromatic carbocycles. The summed E-state index contributed by atoms with van der Waals surface area (Å²) in [6.07, 6.45) is 6.92. The lowest BCUT2D eigenvalue weighted by atomic mass is 9.90. The molecular weight excluding hydrogens is 246 g/mol. The molecule has 0 bridgehead atoms. The van der Waals surface area contributed by atoms with E-state index in [4.69, 9.17) is 4.74 Å². The number of ether oxygens (including phenoxy) is 1. The van der Waals surface area contributed by atoms with Crippen molar-refractivity contribution >= 4 is 0 Å². The highest BCUT2D eigenvalue weighted by atomic mass is 16.5. The zero-order valence-corrected chi connectivity index (χ0v) is 12.8. The Hall–Kier alpha value is -1.02. The van der Waals surface area contributed by atoms with Gasteiger partial charge in [-0.1, -0.05) is 26.0 Å². The third kappa shape index (κ3) is 3.54. The zero-order chi connectivity index (χ0) is 13.9. The van der Waals surface area contributed by atoms with E-state index in [1.165, 1.54) is 37.7 Å². The van der Waals surface area contributed by atoms with Crippen LogP contribution in [-0.2, 0) is 0 Å². The van der Waals surface area contributed by atoms with Crippen LogP contribution in [0.5, 0.6) is 5.75 Å². The second-order valence-corrected chi connectivity index (χ2v) is 6.52. The average molecular weight is 273 g/mol. The highest BCUT2D eigenvalue weighted by molar-refractivity contribution is 5.31. The van der Waals surface area contributed by atoms with Crippen LogP contribution < -0.4 is 10.1 Å². The van der Waals surface area contributed by atoms with Crippen molar-refractivity contribution in [3.05, 3.63) is 29.8 Å². The first kappa shape index (κ1) is 13.9. The van der Waals surface area contributed by atoms with Crippen LogP contribution in [0.4, 0.5) is 0 Å². The van der Waals surface area contributed by atoms with Crippen molar-refractivity contribution in [1.82, 2.24) is 5.32 Å². The second-order valence-electron chi connectivity index (χ2n) is 6.52. The molecule has 3 rings (SSSR count). The third-order valence-corrected chi connectivity index (χ3v) is 4.55. The summed E-state index contributed by atoms with van der Waals surface area (Å²) in [6, 6.07) is 9.23. The predicted molar refractivity (Wildman–Crippen MR) is 83.0 cm³/mol. The molecule has 0 spiro atoms. The molecule has 2 aliphatic rings. The van der Waals surface area contributed by atoms with Gasteiger partial charge in [-0.05, 0) is 68.2 Å². The quantitative estimate of drug-likeness (QED) is 0.762. The lowest BCUT2D eigenvalue weighted by Crippen LogP contribution is -2.28. The Balaban J connectivity index is 1.73. The summed E-state index contributed by atoms with van der Waals surface area (Å²) in [5.41, 5.74) is 1.40. The molecule has 0 heterocycles. The van der Waals surface area contributed by atoms with Gasteiger partial charge in [0, 0.05) is 6.04 Å². The molecule has 0 amide bonds.